The van der Waals surface area contributed by atoms with Crippen LogP contribution in [0.1, 0.15) is 39.2 Å². The number of nitrogens with one attached hydrogen (secondary N) is 1. The van der Waals surface area contributed by atoms with Crippen molar-refractivity contribution in [3.63, 3.8) is 0 Å². The number of hydrogen-bond acceptors (Lipinski definition) is 6. The Kier molecular flexibility index (Phi) is 9.45. The second kappa shape index (κ2) is 13.4. The smallest absolute Gasteiger partial charge is 0.418 e. The van der Waals surface area contributed by atoms with E-state index in [1.807, 2.05) is 99.6 Å². The maximum atomic E-state index is 13.3. The molecule has 2 heterocycles. The first kappa shape index (κ1) is 29.6. The molecule has 1 aliphatic heterocycles. The first-order chi connectivity index (χ1) is 20.3. The average molecular weight is 572 g/mol. The van der Waals surface area contributed by atoms with Gasteiger partial charge in [-0.05, 0) is 70.3 Å². The summed E-state index contributed by atoms with van der Waals surface area (Å²) in [4.78, 5) is 28.1. The molecule has 0 bridgehead atoms. The minimum atomic E-state index is -0.575. The van der Waals surface area contributed by atoms with Crippen LogP contribution in [0.2, 0.25) is 0 Å². The molecule has 0 unspecified atom stereocenters. The third-order valence-corrected chi connectivity index (χ3v) is 7.54. The summed E-state index contributed by atoms with van der Waals surface area (Å²) in [5.41, 5.74) is 2.23. The number of amides is 1. The zero-order chi connectivity index (χ0) is 29.5. The molecule has 4 aromatic rings. The van der Waals surface area contributed by atoms with Crippen LogP contribution in [0.5, 0.6) is 0 Å². The molecule has 0 spiro atoms. The highest BCUT2D eigenvalue weighted by molar-refractivity contribution is 6.12. The van der Waals surface area contributed by atoms with Crippen LogP contribution in [0.4, 0.5) is 9.59 Å². The number of para-hydroxylation sites is 2. The summed E-state index contributed by atoms with van der Waals surface area (Å²) in [6.07, 6.45) is 1.03. The van der Waals surface area contributed by atoms with E-state index in [0.717, 1.165) is 53.3 Å². The van der Waals surface area contributed by atoms with Crippen LogP contribution in [-0.4, -0.2) is 66.1 Å². The van der Waals surface area contributed by atoms with Gasteiger partial charge in [0.05, 0.1) is 36.9 Å². The van der Waals surface area contributed by atoms with E-state index in [1.165, 1.54) is 0 Å². The summed E-state index contributed by atoms with van der Waals surface area (Å²) in [5, 5.41) is 5.09. The van der Waals surface area contributed by atoms with Crippen molar-refractivity contribution in [3.8, 4) is 0 Å². The number of aromatic nitrogens is 1. The fraction of sp³-hybridized carbons (Fsp3) is 0.412. The standard InChI is InChI=1S/C34H41N3O5/c1-34(2,3)42-32(38)35-27(24-40-22-25-11-5-4-6-12-25)21-36-19-17-26(18-20-36)23-41-33(39)37-30-15-9-7-13-28(30)29-14-8-10-16-31(29)37/h4-16,26-27H,17-24H2,1-3H3,(H,35,38)/t27-/m1/s1. The molecule has 3 aromatic carbocycles. The zero-order valence-electron chi connectivity index (χ0n) is 24.8. The van der Waals surface area contributed by atoms with Crippen LogP contribution >= 0.6 is 0 Å². The number of benzene rings is 3. The molecule has 1 atom stereocenters. The zero-order valence-corrected chi connectivity index (χ0v) is 24.8. The number of alkyl carbamates (subject to hydrolysis) is 1. The van der Waals surface area contributed by atoms with Gasteiger partial charge in [-0.2, -0.15) is 0 Å². The molecule has 222 valence electrons. The highest BCUT2D eigenvalue weighted by Crippen LogP contribution is 2.29. The van der Waals surface area contributed by atoms with Gasteiger partial charge in [-0.3, -0.25) is 0 Å². The third-order valence-electron chi connectivity index (χ3n) is 7.54. The highest BCUT2D eigenvalue weighted by Gasteiger charge is 2.26. The van der Waals surface area contributed by atoms with Gasteiger partial charge in [-0.15, -0.1) is 0 Å². The van der Waals surface area contributed by atoms with E-state index >= 15 is 0 Å². The van der Waals surface area contributed by atoms with Crippen molar-refractivity contribution in [2.45, 2.75) is 51.9 Å². The van der Waals surface area contributed by atoms with Crippen LogP contribution in [-0.2, 0) is 20.8 Å². The number of fused-ring (bicyclic) bond motifs is 3. The van der Waals surface area contributed by atoms with Crippen molar-refractivity contribution in [2.24, 2.45) is 5.92 Å². The van der Waals surface area contributed by atoms with E-state index in [2.05, 4.69) is 10.2 Å². The lowest BCUT2D eigenvalue weighted by molar-refractivity contribution is 0.0363. The molecule has 0 aliphatic carbocycles. The predicted octanol–water partition coefficient (Wildman–Crippen LogP) is 6.60. The van der Waals surface area contributed by atoms with E-state index in [0.29, 0.717) is 26.4 Å². The molecule has 1 fully saturated rings. The third kappa shape index (κ3) is 7.69. The van der Waals surface area contributed by atoms with Gasteiger partial charge in [0.25, 0.3) is 0 Å². The molecule has 1 N–H and O–H groups in total. The van der Waals surface area contributed by atoms with Crippen LogP contribution in [0.3, 0.4) is 0 Å². The van der Waals surface area contributed by atoms with Gasteiger partial charge in [-0.1, -0.05) is 66.7 Å². The second-order valence-electron chi connectivity index (χ2n) is 12.0. The lowest BCUT2D eigenvalue weighted by Gasteiger charge is -2.34. The monoisotopic (exact) mass is 571 g/mol. The Morgan fingerprint density at radius 2 is 1.48 bits per heavy atom. The van der Waals surface area contributed by atoms with Crippen LogP contribution in [0, 0.1) is 5.92 Å². The highest BCUT2D eigenvalue weighted by atomic mass is 16.6. The Morgan fingerprint density at radius 3 is 2.10 bits per heavy atom. The summed E-state index contributed by atoms with van der Waals surface area (Å²) in [7, 11) is 0. The van der Waals surface area contributed by atoms with E-state index < -0.39 is 11.7 Å². The molecule has 5 rings (SSSR count). The Morgan fingerprint density at radius 1 is 0.881 bits per heavy atom. The van der Waals surface area contributed by atoms with Crippen molar-refractivity contribution in [2.75, 3.05) is 32.8 Å². The fourth-order valence-corrected chi connectivity index (χ4v) is 5.53. The quantitative estimate of drug-likeness (QED) is 0.244. The first-order valence-corrected chi connectivity index (χ1v) is 14.8. The molecule has 8 nitrogen and oxygen atoms in total. The minimum absolute atomic E-state index is 0.215. The number of hydrogen-bond donors (Lipinski definition) is 1. The van der Waals surface area contributed by atoms with Gasteiger partial charge in [0.2, 0.25) is 0 Å². The van der Waals surface area contributed by atoms with Crippen molar-refractivity contribution in [1.29, 1.82) is 0 Å². The summed E-state index contributed by atoms with van der Waals surface area (Å²) >= 11 is 0. The molecule has 1 amide bonds. The normalized spacial score (nSPS) is 15.5. The fourth-order valence-electron chi connectivity index (χ4n) is 5.53. The lowest BCUT2D eigenvalue weighted by Crippen LogP contribution is -2.49. The Hall–Kier alpha value is -3.88. The van der Waals surface area contributed by atoms with Crippen LogP contribution in [0.15, 0.2) is 78.9 Å². The second-order valence-corrected chi connectivity index (χ2v) is 12.0. The number of rotatable bonds is 9. The maximum Gasteiger partial charge on any atom is 0.418 e. The van der Waals surface area contributed by atoms with E-state index in [1.54, 1.807) is 4.57 Å². The molecule has 1 aliphatic rings. The van der Waals surface area contributed by atoms with Gasteiger partial charge < -0.3 is 24.4 Å². The topological polar surface area (TPSA) is 82.0 Å². The SMILES string of the molecule is CC(C)(C)OC(=O)N[C@@H](COCc1ccccc1)CN1CCC(COC(=O)n2c3ccccc3c3ccccc32)CC1. The van der Waals surface area contributed by atoms with Crippen molar-refractivity contribution in [1.82, 2.24) is 14.8 Å². The number of likely N-dealkylation sites (tertiary alicyclic amines) is 1. The first-order valence-electron chi connectivity index (χ1n) is 14.8. The number of carbonyl (C=O) groups is 2. The molecule has 1 aromatic heterocycles. The number of nitrogens with zero attached hydrogens (tertiary/aromatic N) is 2. The molecule has 1 saturated heterocycles. The van der Waals surface area contributed by atoms with Gasteiger partial charge in [0, 0.05) is 17.3 Å². The van der Waals surface area contributed by atoms with Crippen molar-refractivity contribution < 1.29 is 23.8 Å². The summed E-state index contributed by atoms with van der Waals surface area (Å²) in [6.45, 7) is 9.16. The molecule has 0 saturated carbocycles. The van der Waals surface area contributed by atoms with Crippen LogP contribution in [0.25, 0.3) is 21.8 Å². The van der Waals surface area contributed by atoms with Gasteiger partial charge >= 0.3 is 12.2 Å². The van der Waals surface area contributed by atoms with Crippen molar-refractivity contribution >= 4 is 34.0 Å². The van der Waals surface area contributed by atoms with Crippen molar-refractivity contribution in [3.05, 3.63) is 84.4 Å². The Bertz CT molecular complexity index is 1430. The van der Waals surface area contributed by atoms with E-state index in [9.17, 15) is 9.59 Å². The van der Waals surface area contributed by atoms with Gasteiger partial charge in [0.15, 0.2) is 0 Å². The Labute approximate surface area is 247 Å². The van der Waals surface area contributed by atoms with Gasteiger partial charge in [0.1, 0.15) is 5.60 Å². The summed E-state index contributed by atoms with van der Waals surface area (Å²) in [5.74, 6) is 0.282. The number of piperidine rings is 1. The number of carbonyl (C=O) groups excluding carboxylic acids is 2. The van der Waals surface area contributed by atoms with Crippen LogP contribution < -0.4 is 5.32 Å². The van der Waals surface area contributed by atoms with E-state index in [4.69, 9.17) is 14.2 Å². The molecule has 8 heteroatoms. The lowest BCUT2D eigenvalue weighted by atomic mass is 9.97. The maximum absolute atomic E-state index is 13.3. The van der Waals surface area contributed by atoms with Gasteiger partial charge in [-0.25, -0.2) is 14.2 Å². The Balaban J connectivity index is 1.14. The number of ether oxygens (including phenoxy) is 3. The summed E-state index contributed by atoms with van der Waals surface area (Å²) in [6, 6.07) is 25.6. The van der Waals surface area contributed by atoms with E-state index in [-0.39, 0.29) is 18.1 Å². The molecular formula is C34H41N3O5. The predicted molar refractivity (Wildman–Crippen MR) is 165 cm³/mol. The molecule has 42 heavy (non-hydrogen) atoms. The average Bonchev–Trinajstić information content (AvgIpc) is 3.31. The molecule has 0 radical (unpaired) electrons. The minimum Gasteiger partial charge on any atom is -0.449 e. The molecular weight excluding hydrogens is 530 g/mol. The largest absolute Gasteiger partial charge is 0.449 e. The summed E-state index contributed by atoms with van der Waals surface area (Å²) < 4.78 is 19.0.